The minimum atomic E-state index is -0.0429. The van der Waals surface area contributed by atoms with Crippen molar-refractivity contribution in [1.82, 2.24) is 5.32 Å². The first kappa shape index (κ1) is 22.2. The minimum absolute atomic E-state index is 0.0429. The van der Waals surface area contributed by atoms with Gasteiger partial charge in [-0.15, -0.1) is 0 Å². The van der Waals surface area contributed by atoms with Gasteiger partial charge in [-0.25, -0.2) is 0 Å². The Balaban J connectivity index is 3.36. The number of carbonyl (C=O) groups excluding carboxylic acids is 2. The number of hydrogen-bond acceptors (Lipinski definition) is 5. The zero-order valence-electron chi connectivity index (χ0n) is 15.2. The molecule has 0 heterocycles. The number of unbranched alkanes of at least 4 members (excludes halogenated alkanes) is 3. The summed E-state index contributed by atoms with van der Waals surface area (Å²) in [5.41, 5.74) is 0. The third kappa shape index (κ3) is 14.5. The number of ether oxygens (including phenoxy) is 2. The van der Waals surface area contributed by atoms with E-state index in [-0.39, 0.29) is 17.6 Å². The average Bonchev–Trinajstić information content (AvgIpc) is 2.53. The summed E-state index contributed by atoms with van der Waals surface area (Å²) in [5, 5.41) is 3.01. The Hall–Kier alpha value is -0.780. The van der Waals surface area contributed by atoms with E-state index >= 15 is 0 Å². The Kier molecular flexibility index (Phi) is 15.5. The summed E-state index contributed by atoms with van der Waals surface area (Å²) >= 11 is 0. The van der Waals surface area contributed by atoms with Crippen molar-refractivity contribution >= 4 is 11.6 Å². The Morgan fingerprint density at radius 2 is 1.61 bits per heavy atom. The molecule has 5 heteroatoms. The zero-order valence-corrected chi connectivity index (χ0v) is 15.2. The maximum absolute atomic E-state index is 11.7. The van der Waals surface area contributed by atoms with Crippen molar-refractivity contribution in [2.24, 2.45) is 0 Å². The Bertz CT molecular complexity index is 307. The molecule has 0 aromatic heterocycles. The molecule has 1 atom stereocenters. The van der Waals surface area contributed by atoms with Crippen molar-refractivity contribution in [1.29, 1.82) is 0 Å². The van der Waals surface area contributed by atoms with E-state index in [2.05, 4.69) is 12.2 Å². The molecule has 1 N–H and O–H groups in total. The molecule has 23 heavy (non-hydrogen) atoms. The number of ketones is 2. The van der Waals surface area contributed by atoms with E-state index in [4.69, 9.17) is 9.47 Å². The maximum atomic E-state index is 11.7. The van der Waals surface area contributed by atoms with Gasteiger partial charge in [0, 0.05) is 19.4 Å². The molecule has 0 saturated heterocycles. The maximum Gasteiger partial charge on any atom is 0.146 e. The van der Waals surface area contributed by atoms with Gasteiger partial charge in [-0.05, 0) is 33.2 Å². The molecular formula is C18H35NO4. The molecule has 1 unspecified atom stereocenters. The van der Waals surface area contributed by atoms with E-state index in [1.165, 1.54) is 0 Å². The standard InChI is InChI=1S/C18H35NO4/c1-4-5-12-22-14-15-23-13-11-17(21)9-7-6-8-10-18(19-3)16(2)20/h18-19H,4-15H2,1-3H3. The molecule has 0 radical (unpaired) electrons. The molecule has 0 aromatic rings. The van der Waals surface area contributed by atoms with Crippen molar-refractivity contribution in [2.75, 3.05) is 33.5 Å². The lowest BCUT2D eigenvalue weighted by Gasteiger charge is -2.11. The van der Waals surface area contributed by atoms with Crippen LogP contribution in [0, 0.1) is 0 Å². The number of nitrogens with one attached hydrogen (secondary N) is 1. The van der Waals surface area contributed by atoms with Gasteiger partial charge in [-0.2, -0.15) is 0 Å². The van der Waals surface area contributed by atoms with Crippen LogP contribution in [-0.2, 0) is 19.1 Å². The molecule has 0 aliphatic heterocycles. The van der Waals surface area contributed by atoms with Gasteiger partial charge < -0.3 is 14.8 Å². The second kappa shape index (κ2) is 16.1. The first-order chi connectivity index (χ1) is 11.1. The van der Waals surface area contributed by atoms with Crippen molar-refractivity contribution in [3.05, 3.63) is 0 Å². The highest BCUT2D eigenvalue weighted by Crippen LogP contribution is 2.08. The SMILES string of the molecule is CCCCOCCOCCC(=O)CCCCCC(NC)C(C)=O. The van der Waals surface area contributed by atoms with Gasteiger partial charge in [0.25, 0.3) is 0 Å². The summed E-state index contributed by atoms with van der Waals surface area (Å²) in [5.74, 6) is 0.438. The Labute approximate surface area is 141 Å². The highest BCUT2D eigenvalue weighted by molar-refractivity contribution is 5.81. The van der Waals surface area contributed by atoms with E-state index in [0.29, 0.717) is 32.7 Å². The van der Waals surface area contributed by atoms with E-state index in [0.717, 1.165) is 45.1 Å². The van der Waals surface area contributed by atoms with Crippen molar-refractivity contribution in [3.8, 4) is 0 Å². The fourth-order valence-corrected chi connectivity index (χ4v) is 2.28. The van der Waals surface area contributed by atoms with Gasteiger partial charge in [0.1, 0.15) is 11.6 Å². The first-order valence-electron chi connectivity index (χ1n) is 8.96. The van der Waals surface area contributed by atoms with Crippen LogP contribution >= 0.6 is 0 Å². The molecule has 0 spiro atoms. The van der Waals surface area contributed by atoms with Crippen molar-refractivity contribution in [3.63, 3.8) is 0 Å². The van der Waals surface area contributed by atoms with Crippen molar-refractivity contribution in [2.45, 2.75) is 71.3 Å². The fraction of sp³-hybridized carbons (Fsp3) is 0.889. The fourth-order valence-electron chi connectivity index (χ4n) is 2.28. The Morgan fingerprint density at radius 3 is 2.22 bits per heavy atom. The molecule has 0 bridgehead atoms. The summed E-state index contributed by atoms with van der Waals surface area (Å²) < 4.78 is 10.8. The Morgan fingerprint density at radius 1 is 0.913 bits per heavy atom. The van der Waals surface area contributed by atoms with E-state index < -0.39 is 0 Å². The smallest absolute Gasteiger partial charge is 0.146 e. The van der Waals surface area contributed by atoms with Crippen LogP contribution in [0.25, 0.3) is 0 Å². The molecular weight excluding hydrogens is 294 g/mol. The zero-order chi connectivity index (χ0) is 17.3. The lowest BCUT2D eigenvalue weighted by Crippen LogP contribution is -2.32. The highest BCUT2D eigenvalue weighted by Gasteiger charge is 2.10. The van der Waals surface area contributed by atoms with Gasteiger partial charge >= 0.3 is 0 Å². The summed E-state index contributed by atoms with van der Waals surface area (Å²) in [6.45, 7) is 6.19. The quantitative estimate of drug-likeness (QED) is 0.416. The topological polar surface area (TPSA) is 64.6 Å². The number of carbonyl (C=O) groups is 2. The lowest BCUT2D eigenvalue weighted by molar-refractivity contribution is -0.121. The summed E-state index contributed by atoms with van der Waals surface area (Å²) in [4.78, 5) is 23.0. The van der Waals surface area contributed by atoms with Gasteiger partial charge in [-0.1, -0.05) is 26.2 Å². The molecule has 0 fully saturated rings. The average molecular weight is 329 g/mol. The molecule has 136 valence electrons. The van der Waals surface area contributed by atoms with Crippen LogP contribution in [0.5, 0.6) is 0 Å². The van der Waals surface area contributed by atoms with Crippen molar-refractivity contribution < 1.29 is 19.1 Å². The molecule has 0 aliphatic carbocycles. The van der Waals surface area contributed by atoms with Crippen LogP contribution in [0.15, 0.2) is 0 Å². The van der Waals surface area contributed by atoms with Gasteiger partial charge in [0.05, 0.1) is 25.9 Å². The van der Waals surface area contributed by atoms with E-state index in [1.807, 2.05) is 7.05 Å². The first-order valence-corrected chi connectivity index (χ1v) is 8.96. The van der Waals surface area contributed by atoms with Crippen LogP contribution in [-0.4, -0.2) is 51.1 Å². The van der Waals surface area contributed by atoms with Gasteiger partial charge in [0.15, 0.2) is 0 Å². The van der Waals surface area contributed by atoms with Crippen LogP contribution < -0.4 is 5.32 Å². The lowest BCUT2D eigenvalue weighted by atomic mass is 10.0. The summed E-state index contributed by atoms with van der Waals surface area (Å²) in [7, 11) is 1.81. The van der Waals surface area contributed by atoms with Gasteiger partial charge in [0.2, 0.25) is 0 Å². The molecule has 5 nitrogen and oxygen atoms in total. The van der Waals surface area contributed by atoms with Crippen LogP contribution in [0.3, 0.4) is 0 Å². The molecule has 0 amide bonds. The molecule has 0 rings (SSSR count). The molecule has 0 aromatic carbocycles. The third-order valence-electron chi connectivity index (χ3n) is 3.83. The van der Waals surface area contributed by atoms with Gasteiger partial charge in [-0.3, -0.25) is 9.59 Å². The summed E-state index contributed by atoms with van der Waals surface area (Å²) in [6.07, 6.45) is 7.03. The van der Waals surface area contributed by atoms with Crippen LogP contribution in [0.4, 0.5) is 0 Å². The second-order valence-corrected chi connectivity index (χ2v) is 5.92. The molecule has 0 saturated carbocycles. The highest BCUT2D eigenvalue weighted by atomic mass is 16.5. The van der Waals surface area contributed by atoms with E-state index in [1.54, 1.807) is 6.92 Å². The predicted octanol–water partition coefficient (Wildman–Crippen LogP) is 2.91. The predicted molar refractivity (Wildman–Crippen MR) is 92.8 cm³/mol. The van der Waals surface area contributed by atoms with Crippen LogP contribution in [0.2, 0.25) is 0 Å². The normalized spacial score (nSPS) is 12.3. The third-order valence-corrected chi connectivity index (χ3v) is 3.83. The largest absolute Gasteiger partial charge is 0.379 e. The number of hydrogen-bond donors (Lipinski definition) is 1. The molecule has 0 aliphatic rings. The monoisotopic (exact) mass is 329 g/mol. The summed E-state index contributed by atoms with van der Waals surface area (Å²) in [6, 6.07) is -0.0429. The number of likely N-dealkylation sites (N-methyl/N-ethyl adjacent to an activating group) is 1. The van der Waals surface area contributed by atoms with E-state index in [9.17, 15) is 9.59 Å². The van der Waals surface area contributed by atoms with Crippen LogP contribution in [0.1, 0.15) is 65.2 Å². The minimum Gasteiger partial charge on any atom is -0.379 e. The number of Topliss-reactive ketones (excluding diaryl/α,β-unsaturated/α-hetero) is 2. The second-order valence-electron chi connectivity index (χ2n) is 5.92. The number of rotatable bonds is 17.